The van der Waals surface area contributed by atoms with Crippen LogP contribution in [0.15, 0.2) is 0 Å². The van der Waals surface area contributed by atoms with Gasteiger partial charge in [0.05, 0.1) is 25.2 Å². The van der Waals surface area contributed by atoms with E-state index in [1.54, 1.807) is 0 Å². The fourth-order valence-electron chi connectivity index (χ4n) is 1.53. The normalized spacial score (nSPS) is 28.0. The second-order valence-corrected chi connectivity index (χ2v) is 3.21. The van der Waals surface area contributed by atoms with Crippen molar-refractivity contribution in [2.24, 2.45) is 0 Å². The molecular formula is C7H9NO3. The molecule has 11 heavy (non-hydrogen) atoms. The summed E-state index contributed by atoms with van der Waals surface area (Å²) in [5.74, 6) is -0.137. The third kappa shape index (κ3) is 1.03. The topological polar surface area (TPSA) is 55.4 Å². The number of Topliss-reactive ketones (excluding diaryl/α,β-unsaturated/α-hetero) is 1. The smallest absolute Gasteiger partial charge is 0.228 e. The molecule has 2 fully saturated rings. The van der Waals surface area contributed by atoms with Gasteiger partial charge in [-0.05, 0) is 0 Å². The molecular weight excluding hydrogens is 146 g/mol. The molecule has 0 saturated carbocycles. The summed E-state index contributed by atoms with van der Waals surface area (Å²) in [6.07, 6.45) is 0.487. The Balaban J connectivity index is 2.12. The van der Waals surface area contributed by atoms with Crippen LogP contribution < -0.4 is 5.32 Å². The third-order valence-electron chi connectivity index (χ3n) is 2.05. The number of amides is 1. The van der Waals surface area contributed by atoms with Crippen molar-refractivity contribution >= 4 is 11.7 Å². The number of ether oxygens (including phenoxy) is 1. The summed E-state index contributed by atoms with van der Waals surface area (Å²) < 4.78 is 4.95. The quantitative estimate of drug-likeness (QED) is 0.467. The Morgan fingerprint density at radius 1 is 1.36 bits per heavy atom. The molecule has 0 bridgehead atoms. The standard InChI is InChI=1S/C7H9NO3/c9-5-1-6(10)8-7(2-5)3-11-4-7/h1-4H2,(H,8,10). The van der Waals surface area contributed by atoms with Crippen LogP contribution in [0.5, 0.6) is 0 Å². The third-order valence-corrected chi connectivity index (χ3v) is 2.05. The first-order valence-corrected chi connectivity index (χ1v) is 3.61. The van der Waals surface area contributed by atoms with Crippen molar-refractivity contribution in [1.29, 1.82) is 0 Å². The molecule has 0 atom stereocenters. The molecule has 2 aliphatic rings. The maximum atomic E-state index is 11.0. The minimum Gasteiger partial charge on any atom is -0.376 e. The summed E-state index contributed by atoms with van der Waals surface area (Å²) >= 11 is 0. The zero-order chi connectivity index (χ0) is 7.90. The van der Waals surface area contributed by atoms with Crippen LogP contribution in [0, 0.1) is 0 Å². The molecule has 2 saturated heterocycles. The molecule has 0 radical (unpaired) electrons. The molecule has 4 heteroatoms. The first-order chi connectivity index (χ1) is 5.20. The van der Waals surface area contributed by atoms with E-state index < -0.39 is 0 Å². The van der Waals surface area contributed by atoms with E-state index in [0.717, 1.165) is 0 Å². The summed E-state index contributed by atoms with van der Waals surface area (Å²) in [6, 6.07) is 0. The predicted molar refractivity (Wildman–Crippen MR) is 35.9 cm³/mol. The lowest BCUT2D eigenvalue weighted by atomic mass is 9.86. The fraction of sp³-hybridized carbons (Fsp3) is 0.714. The van der Waals surface area contributed by atoms with Gasteiger partial charge in [-0.25, -0.2) is 0 Å². The summed E-state index contributed by atoms with van der Waals surface area (Å²) in [5.41, 5.74) is -0.327. The van der Waals surface area contributed by atoms with Gasteiger partial charge in [0.25, 0.3) is 0 Å². The lowest BCUT2D eigenvalue weighted by molar-refractivity contribution is -0.148. The highest BCUT2D eigenvalue weighted by molar-refractivity contribution is 6.01. The van der Waals surface area contributed by atoms with Gasteiger partial charge < -0.3 is 10.1 Å². The maximum absolute atomic E-state index is 11.0. The van der Waals surface area contributed by atoms with E-state index in [0.29, 0.717) is 19.6 Å². The fourth-order valence-corrected chi connectivity index (χ4v) is 1.53. The molecule has 0 aromatic heterocycles. The molecule has 0 unspecified atom stereocenters. The van der Waals surface area contributed by atoms with Crippen molar-refractivity contribution in [3.8, 4) is 0 Å². The van der Waals surface area contributed by atoms with Crippen molar-refractivity contribution in [3.63, 3.8) is 0 Å². The number of carbonyl (C=O) groups is 2. The van der Waals surface area contributed by atoms with Crippen molar-refractivity contribution in [2.75, 3.05) is 13.2 Å². The SMILES string of the molecule is O=C1CC(=O)NC2(COC2)C1. The van der Waals surface area contributed by atoms with E-state index in [1.165, 1.54) is 0 Å². The van der Waals surface area contributed by atoms with E-state index in [2.05, 4.69) is 5.32 Å². The van der Waals surface area contributed by atoms with Crippen LogP contribution in [-0.2, 0) is 14.3 Å². The monoisotopic (exact) mass is 155 g/mol. The molecule has 4 nitrogen and oxygen atoms in total. The van der Waals surface area contributed by atoms with Crippen LogP contribution in [0.3, 0.4) is 0 Å². The van der Waals surface area contributed by atoms with Gasteiger partial charge in [-0.15, -0.1) is 0 Å². The number of carbonyl (C=O) groups excluding carboxylic acids is 2. The summed E-state index contributed by atoms with van der Waals surface area (Å²) in [5, 5.41) is 2.77. The van der Waals surface area contributed by atoms with Crippen LogP contribution in [0.25, 0.3) is 0 Å². The Hall–Kier alpha value is -0.900. The van der Waals surface area contributed by atoms with E-state index in [9.17, 15) is 9.59 Å². The Morgan fingerprint density at radius 2 is 2.09 bits per heavy atom. The molecule has 1 spiro atoms. The van der Waals surface area contributed by atoms with Crippen molar-refractivity contribution in [1.82, 2.24) is 5.32 Å². The zero-order valence-electron chi connectivity index (χ0n) is 6.05. The molecule has 1 N–H and O–H groups in total. The van der Waals surface area contributed by atoms with Gasteiger partial charge >= 0.3 is 0 Å². The minimum atomic E-state index is -0.327. The average molecular weight is 155 g/mol. The molecule has 2 heterocycles. The van der Waals surface area contributed by atoms with Crippen LogP contribution in [0.1, 0.15) is 12.8 Å². The Morgan fingerprint density at radius 3 is 2.55 bits per heavy atom. The number of hydrogen-bond donors (Lipinski definition) is 1. The van der Waals surface area contributed by atoms with Crippen LogP contribution in [-0.4, -0.2) is 30.4 Å². The van der Waals surface area contributed by atoms with E-state index in [1.807, 2.05) is 0 Å². The minimum absolute atomic E-state index is 0.0250. The molecule has 60 valence electrons. The number of piperidine rings is 1. The number of hydrogen-bond acceptors (Lipinski definition) is 3. The van der Waals surface area contributed by atoms with Crippen molar-refractivity contribution in [2.45, 2.75) is 18.4 Å². The van der Waals surface area contributed by atoms with Gasteiger partial charge in [-0.1, -0.05) is 0 Å². The second kappa shape index (κ2) is 2.04. The highest BCUT2D eigenvalue weighted by atomic mass is 16.5. The van der Waals surface area contributed by atoms with E-state index in [-0.39, 0.29) is 23.7 Å². The van der Waals surface area contributed by atoms with E-state index in [4.69, 9.17) is 4.74 Å². The Labute approximate surface area is 63.9 Å². The van der Waals surface area contributed by atoms with Crippen molar-refractivity contribution in [3.05, 3.63) is 0 Å². The molecule has 0 aromatic rings. The van der Waals surface area contributed by atoms with Gasteiger partial charge in [0.2, 0.25) is 5.91 Å². The lowest BCUT2D eigenvalue weighted by Crippen LogP contribution is -2.65. The Bertz CT molecular complexity index is 202. The molecule has 1 amide bonds. The van der Waals surface area contributed by atoms with Crippen LogP contribution in [0.4, 0.5) is 0 Å². The highest BCUT2D eigenvalue weighted by Gasteiger charge is 2.44. The number of rotatable bonds is 0. The first-order valence-electron chi connectivity index (χ1n) is 3.61. The average Bonchev–Trinajstić information content (AvgIpc) is 1.82. The predicted octanol–water partition coefficient (Wildman–Crippen LogP) is -0.766. The van der Waals surface area contributed by atoms with Crippen molar-refractivity contribution < 1.29 is 14.3 Å². The summed E-state index contributed by atoms with van der Waals surface area (Å²) in [6.45, 7) is 0.981. The highest BCUT2D eigenvalue weighted by Crippen LogP contribution is 2.25. The van der Waals surface area contributed by atoms with Crippen LogP contribution in [0.2, 0.25) is 0 Å². The molecule has 2 rings (SSSR count). The number of ketones is 1. The maximum Gasteiger partial charge on any atom is 0.228 e. The van der Waals surface area contributed by atoms with Gasteiger partial charge in [0.15, 0.2) is 0 Å². The molecule has 0 aromatic carbocycles. The van der Waals surface area contributed by atoms with Gasteiger partial charge in [0.1, 0.15) is 5.78 Å². The molecule has 2 aliphatic heterocycles. The van der Waals surface area contributed by atoms with Gasteiger partial charge in [-0.2, -0.15) is 0 Å². The lowest BCUT2D eigenvalue weighted by Gasteiger charge is -2.43. The summed E-state index contributed by atoms with van der Waals surface area (Å²) in [7, 11) is 0. The zero-order valence-corrected chi connectivity index (χ0v) is 6.05. The van der Waals surface area contributed by atoms with Crippen LogP contribution >= 0.6 is 0 Å². The first kappa shape index (κ1) is 6.79. The molecule has 0 aliphatic carbocycles. The van der Waals surface area contributed by atoms with E-state index >= 15 is 0 Å². The second-order valence-electron chi connectivity index (χ2n) is 3.21. The number of nitrogens with one attached hydrogen (secondary N) is 1. The Kier molecular flexibility index (Phi) is 1.26. The largest absolute Gasteiger partial charge is 0.376 e. The summed E-state index contributed by atoms with van der Waals surface area (Å²) in [4.78, 5) is 21.9. The van der Waals surface area contributed by atoms with Gasteiger partial charge in [0, 0.05) is 6.42 Å². The van der Waals surface area contributed by atoms with Gasteiger partial charge in [-0.3, -0.25) is 9.59 Å².